The summed E-state index contributed by atoms with van der Waals surface area (Å²) in [7, 11) is 1.52. The molecule has 2 amide bonds. The first-order valence-corrected chi connectivity index (χ1v) is 7.36. The monoisotopic (exact) mass is 285 g/mol. The molecule has 6 heteroatoms. The number of hydrogen-bond acceptors (Lipinski definition) is 4. The molecule has 1 aliphatic rings. The highest BCUT2D eigenvalue weighted by Gasteiger charge is 2.24. The van der Waals surface area contributed by atoms with Gasteiger partial charge in [0, 0.05) is 38.7 Å². The number of ether oxygens (including phenoxy) is 1. The van der Waals surface area contributed by atoms with Crippen molar-refractivity contribution >= 4 is 11.8 Å². The molecule has 1 aliphatic heterocycles. The van der Waals surface area contributed by atoms with Gasteiger partial charge in [-0.25, -0.2) is 0 Å². The number of hydrogen-bond donors (Lipinski definition) is 2. The summed E-state index contributed by atoms with van der Waals surface area (Å²) in [4.78, 5) is 25.4. The van der Waals surface area contributed by atoms with Crippen LogP contribution in [0.3, 0.4) is 0 Å². The Morgan fingerprint density at radius 2 is 2.00 bits per heavy atom. The highest BCUT2D eigenvalue weighted by Crippen LogP contribution is 2.11. The Kier molecular flexibility index (Phi) is 7.54. The van der Waals surface area contributed by atoms with Crippen LogP contribution in [0.5, 0.6) is 0 Å². The third-order valence-electron chi connectivity index (χ3n) is 3.61. The molecule has 1 fully saturated rings. The van der Waals surface area contributed by atoms with Crippen molar-refractivity contribution in [3.63, 3.8) is 0 Å². The fraction of sp³-hybridized carbons (Fsp3) is 0.857. The van der Waals surface area contributed by atoms with Crippen LogP contribution in [0.25, 0.3) is 0 Å². The van der Waals surface area contributed by atoms with Gasteiger partial charge < -0.3 is 20.3 Å². The quantitative estimate of drug-likeness (QED) is 0.690. The lowest BCUT2D eigenvalue weighted by molar-refractivity contribution is -0.136. The van der Waals surface area contributed by atoms with Gasteiger partial charge in [0.15, 0.2) is 0 Å². The first kappa shape index (κ1) is 16.9. The molecule has 0 radical (unpaired) electrons. The molecule has 1 rings (SSSR count). The lowest BCUT2D eigenvalue weighted by Crippen LogP contribution is -2.49. The Balaban J connectivity index is 2.28. The minimum Gasteiger partial charge on any atom is -0.375 e. The van der Waals surface area contributed by atoms with Gasteiger partial charge >= 0.3 is 0 Å². The Morgan fingerprint density at radius 3 is 2.55 bits per heavy atom. The van der Waals surface area contributed by atoms with E-state index in [1.165, 1.54) is 7.11 Å². The molecule has 1 unspecified atom stereocenters. The summed E-state index contributed by atoms with van der Waals surface area (Å²) < 4.78 is 4.85. The normalized spacial score (nSPS) is 17.9. The van der Waals surface area contributed by atoms with Gasteiger partial charge in [-0.3, -0.25) is 9.59 Å². The zero-order chi connectivity index (χ0) is 15.0. The van der Waals surface area contributed by atoms with Crippen LogP contribution in [-0.4, -0.2) is 62.7 Å². The summed E-state index contributed by atoms with van der Waals surface area (Å²) in [5.41, 5.74) is 0. The van der Waals surface area contributed by atoms with E-state index in [0.29, 0.717) is 19.6 Å². The smallest absolute Gasteiger partial charge is 0.248 e. The minimum atomic E-state index is -0.0249. The van der Waals surface area contributed by atoms with Gasteiger partial charge in [0.2, 0.25) is 11.8 Å². The van der Waals surface area contributed by atoms with Gasteiger partial charge in [0.1, 0.15) is 6.61 Å². The zero-order valence-electron chi connectivity index (χ0n) is 12.8. The van der Waals surface area contributed by atoms with E-state index in [2.05, 4.69) is 10.6 Å². The number of carbonyl (C=O) groups excluding carboxylic acids is 2. The molecule has 0 aromatic heterocycles. The number of amides is 2. The van der Waals surface area contributed by atoms with Crippen molar-refractivity contribution in [2.24, 2.45) is 5.92 Å². The van der Waals surface area contributed by atoms with E-state index in [-0.39, 0.29) is 30.4 Å². The average molecular weight is 285 g/mol. The van der Waals surface area contributed by atoms with Crippen molar-refractivity contribution in [3.8, 4) is 0 Å². The van der Waals surface area contributed by atoms with Crippen molar-refractivity contribution in [1.82, 2.24) is 15.5 Å². The van der Waals surface area contributed by atoms with Crippen LogP contribution < -0.4 is 10.6 Å². The van der Waals surface area contributed by atoms with Gasteiger partial charge in [0.05, 0.1) is 0 Å². The second-order valence-electron chi connectivity index (χ2n) is 5.31. The van der Waals surface area contributed by atoms with E-state index >= 15 is 0 Å². The average Bonchev–Trinajstić information content (AvgIpc) is 2.45. The van der Waals surface area contributed by atoms with E-state index in [4.69, 9.17) is 4.74 Å². The Hall–Kier alpha value is -1.14. The van der Waals surface area contributed by atoms with Gasteiger partial charge in [-0.05, 0) is 19.4 Å². The van der Waals surface area contributed by atoms with Crippen LogP contribution >= 0.6 is 0 Å². The molecule has 0 aliphatic carbocycles. The van der Waals surface area contributed by atoms with E-state index in [0.717, 1.165) is 19.4 Å². The number of rotatable bonds is 7. The third-order valence-corrected chi connectivity index (χ3v) is 3.61. The predicted octanol–water partition coefficient (Wildman–Crippen LogP) is -0.0144. The molecule has 0 aromatic rings. The number of nitrogens with one attached hydrogen (secondary N) is 2. The SMILES string of the molecule is CCNCC(C)C(=O)NC1CCN(C(=O)COC)CC1. The van der Waals surface area contributed by atoms with E-state index in [9.17, 15) is 9.59 Å². The van der Waals surface area contributed by atoms with Crippen molar-refractivity contribution < 1.29 is 14.3 Å². The van der Waals surface area contributed by atoms with Gasteiger partial charge in [0.25, 0.3) is 0 Å². The Bertz CT molecular complexity index is 315. The first-order valence-electron chi connectivity index (χ1n) is 7.36. The molecule has 0 saturated carbocycles. The summed E-state index contributed by atoms with van der Waals surface area (Å²) in [5, 5.41) is 6.25. The fourth-order valence-corrected chi connectivity index (χ4v) is 2.28. The van der Waals surface area contributed by atoms with Crippen LogP contribution in [0, 0.1) is 5.92 Å². The molecule has 20 heavy (non-hydrogen) atoms. The molecular weight excluding hydrogens is 258 g/mol. The summed E-state index contributed by atoms with van der Waals surface area (Å²) in [6, 6.07) is 0.179. The van der Waals surface area contributed by atoms with Crippen molar-refractivity contribution in [3.05, 3.63) is 0 Å². The molecule has 116 valence electrons. The molecule has 1 saturated heterocycles. The summed E-state index contributed by atoms with van der Waals surface area (Å²) >= 11 is 0. The molecular formula is C14H27N3O3. The molecule has 0 bridgehead atoms. The molecule has 2 N–H and O–H groups in total. The highest BCUT2D eigenvalue weighted by atomic mass is 16.5. The van der Waals surface area contributed by atoms with Crippen molar-refractivity contribution in [2.45, 2.75) is 32.7 Å². The topological polar surface area (TPSA) is 70.7 Å². The largest absolute Gasteiger partial charge is 0.375 e. The second kappa shape index (κ2) is 8.92. The van der Waals surface area contributed by atoms with Crippen molar-refractivity contribution in [1.29, 1.82) is 0 Å². The Morgan fingerprint density at radius 1 is 1.35 bits per heavy atom. The molecule has 1 heterocycles. The van der Waals surface area contributed by atoms with Gasteiger partial charge in [-0.15, -0.1) is 0 Å². The first-order chi connectivity index (χ1) is 9.58. The standard InChI is InChI=1S/C14H27N3O3/c1-4-15-9-11(2)14(19)16-12-5-7-17(8-6-12)13(18)10-20-3/h11-12,15H,4-10H2,1-3H3,(H,16,19). The van der Waals surface area contributed by atoms with Crippen LogP contribution in [-0.2, 0) is 14.3 Å². The number of likely N-dealkylation sites (tertiary alicyclic amines) is 1. The zero-order valence-corrected chi connectivity index (χ0v) is 12.8. The van der Waals surface area contributed by atoms with Crippen LogP contribution in [0.2, 0.25) is 0 Å². The summed E-state index contributed by atoms with van der Waals surface area (Å²) in [6.07, 6.45) is 1.63. The summed E-state index contributed by atoms with van der Waals surface area (Å²) in [5.74, 6) is 0.0912. The number of methoxy groups -OCH3 is 1. The van der Waals surface area contributed by atoms with Crippen molar-refractivity contribution in [2.75, 3.05) is 39.9 Å². The maximum absolute atomic E-state index is 12.0. The maximum Gasteiger partial charge on any atom is 0.248 e. The van der Waals surface area contributed by atoms with Gasteiger partial charge in [-0.1, -0.05) is 13.8 Å². The predicted molar refractivity (Wildman–Crippen MR) is 77.3 cm³/mol. The maximum atomic E-state index is 12.0. The minimum absolute atomic E-state index is 0.0249. The van der Waals surface area contributed by atoms with Gasteiger partial charge in [-0.2, -0.15) is 0 Å². The molecule has 0 aromatic carbocycles. The summed E-state index contributed by atoms with van der Waals surface area (Å²) in [6.45, 7) is 7.04. The number of carbonyl (C=O) groups is 2. The van der Waals surface area contributed by atoms with Crippen LogP contribution in [0.15, 0.2) is 0 Å². The number of nitrogens with zero attached hydrogens (tertiary/aromatic N) is 1. The second-order valence-corrected chi connectivity index (χ2v) is 5.31. The molecule has 6 nitrogen and oxygen atoms in total. The number of piperidine rings is 1. The molecule has 0 spiro atoms. The molecule has 1 atom stereocenters. The lowest BCUT2D eigenvalue weighted by atomic mass is 10.0. The Labute approximate surface area is 121 Å². The van der Waals surface area contributed by atoms with Crippen LogP contribution in [0.4, 0.5) is 0 Å². The van der Waals surface area contributed by atoms with E-state index in [1.54, 1.807) is 4.90 Å². The van der Waals surface area contributed by atoms with E-state index in [1.807, 2.05) is 13.8 Å². The lowest BCUT2D eigenvalue weighted by Gasteiger charge is -2.32. The fourth-order valence-electron chi connectivity index (χ4n) is 2.28. The third kappa shape index (κ3) is 5.46. The highest BCUT2D eigenvalue weighted by molar-refractivity contribution is 5.79. The van der Waals surface area contributed by atoms with E-state index < -0.39 is 0 Å². The van der Waals surface area contributed by atoms with Crippen LogP contribution in [0.1, 0.15) is 26.7 Å².